The molecule has 100 valence electrons. The average Bonchev–Trinajstić information content (AvgIpc) is 2.28. The van der Waals surface area contributed by atoms with E-state index in [2.05, 4.69) is 4.74 Å². The van der Waals surface area contributed by atoms with Crippen molar-refractivity contribution in [3.05, 3.63) is 23.8 Å². The van der Waals surface area contributed by atoms with E-state index < -0.39 is 15.8 Å². The number of carbonyl (C=O) groups is 1. The van der Waals surface area contributed by atoms with Crippen molar-refractivity contribution in [2.24, 2.45) is 0 Å². The number of nitrogen functional groups attached to an aromatic ring is 1. The summed E-state index contributed by atoms with van der Waals surface area (Å²) in [5.41, 5.74) is 6.42. The van der Waals surface area contributed by atoms with Crippen LogP contribution in [0.15, 0.2) is 23.1 Å². The molecule has 0 unspecified atom stereocenters. The van der Waals surface area contributed by atoms with Crippen LogP contribution in [-0.2, 0) is 14.6 Å². The second-order valence-electron chi connectivity index (χ2n) is 3.73. The van der Waals surface area contributed by atoms with Crippen molar-refractivity contribution in [3.63, 3.8) is 0 Å². The number of methoxy groups -OCH3 is 1. The molecular weight excluding hydrogens is 274 g/mol. The van der Waals surface area contributed by atoms with Gasteiger partial charge < -0.3 is 10.5 Å². The first-order valence-corrected chi connectivity index (χ1v) is 8.16. The Morgan fingerprint density at radius 3 is 2.67 bits per heavy atom. The van der Waals surface area contributed by atoms with Crippen molar-refractivity contribution in [1.82, 2.24) is 0 Å². The van der Waals surface area contributed by atoms with Gasteiger partial charge in [-0.15, -0.1) is 11.8 Å². The number of thioether (sulfide) groups is 1. The Labute approximate surface area is 111 Å². The van der Waals surface area contributed by atoms with Crippen LogP contribution in [-0.4, -0.2) is 39.3 Å². The Kier molecular flexibility index (Phi) is 5.03. The summed E-state index contributed by atoms with van der Waals surface area (Å²) in [6, 6.07) is 4.87. The topological polar surface area (TPSA) is 86.5 Å². The summed E-state index contributed by atoms with van der Waals surface area (Å²) in [6.07, 6.45) is 1.18. The Morgan fingerprint density at radius 1 is 1.44 bits per heavy atom. The van der Waals surface area contributed by atoms with Crippen LogP contribution in [0.2, 0.25) is 0 Å². The molecular formula is C11H15NO4S2. The third kappa shape index (κ3) is 4.58. The molecule has 0 heterocycles. The smallest absolute Gasteiger partial charge is 0.339 e. The molecule has 0 saturated carbocycles. The van der Waals surface area contributed by atoms with Crippen molar-refractivity contribution < 1.29 is 17.9 Å². The molecule has 0 aliphatic carbocycles. The normalized spacial score (nSPS) is 11.2. The molecule has 7 heteroatoms. The maximum atomic E-state index is 11.5. The van der Waals surface area contributed by atoms with E-state index in [1.54, 1.807) is 12.1 Å². The lowest BCUT2D eigenvalue weighted by Gasteiger charge is -2.08. The molecule has 0 radical (unpaired) electrons. The number of esters is 1. The first-order chi connectivity index (χ1) is 8.33. The van der Waals surface area contributed by atoms with Crippen LogP contribution >= 0.6 is 11.8 Å². The highest BCUT2D eigenvalue weighted by atomic mass is 32.2. The Morgan fingerprint density at radius 2 is 2.11 bits per heavy atom. The average molecular weight is 289 g/mol. The molecule has 0 bridgehead atoms. The summed E-state index contributed by atoms with van der Waals surface area (Å²) in [6.45, 7) is 0. The van der Waals surface area contributed by atoms with Crippen LogP contribution in [0.1, 0.15) is 10.4 Å². The number of carbonyl (C=O) groups excluding carboxylic acids is 1. The van der Waals surface area contributed by atoms with Crippen LogP contribution in [0.4, 0.5) is 5.69 Å². The molecule has 0 aromatic heterocycles. The minimum Gasteiger partial charge on any atom is -0.465 e. The molecule has 0 amide bonds. The summed E-state index contributed by atoms with van der Waals surface area (Å²) in [7, 11) is -1.71. The van der Waals surface area contributed by atoms with Gasteiger partial charge in [0.05, 0.1) is 18.4 Å². The maximum Gasteiger partial charge on any atom is 0.339 e. The number of nitrogens with two attached hydrogens (primary N) is 1. The van der Waals surface area contributed by atoms with E-state index in [4.69, 9.17) is 5.73 Å². The molecule has 18 heavy (non-hydrogen) atoms. The lowest BCUT2D eigenvalue weighted by molar-refractivity contribution is 0.0597. The van der Waals surface area contributed by atoms with Gasteiger partial charge in [0.2, 0.25) is 0 Å². The van der Waals surface area contributed by atoms with Gasteiger partial charge in [-0.1, -0.05) is 0 Å². The van der Waals surface area contributed by atoms with Crippen LogP contribution in [0.3, 0.4) is 0 Å². The number of rotatable bonds is 5. The fourth-order valence-corrected chi connectivity index (χ4v) is 3.47. The monoisotopic (exact) mass is 289 g/mol. The molecule has 1 rings (SSSR count). The highest BCUT2D eigenvalue weighted by Crippen LogP contribution is 2.25. The van der Waals surface area contributed by atoms with E-state index in [-0.39, 0.29) is 5.75 Å². The molecule has 0 spiro atoms. The van der Waals surface area contributed by atoms with Crippen LogP contribution in [0.25, 0.3) is 0 Å². The molecule has 1 aromatic rings. The Balaban J connectivity index is 2.85. The van der Waals surface area contributed by atoms with Gasteiger partial charge in [-0.25, -0.2) is 13.2 Å². The van der Waals surface area contributed by atoms with Gasteiger partial charge in [0.25, 0.3) is 0 Å². The zero-order chi connectivity index (χ0) is 13.8. The van der Waals surface area contributed by atoms with Gasteiger partial charge >= 0.3 is 5.97 Å². The zero-order valence-corrected chi connectivity index (χ0v) is 11.8. The molecule has 0 aliphatic heterocycles. The first kappa shape index (κ1) is 14.8. The largest absolute Gasteiger partial charge is 0.465 e. The highest BCUT2D eigenvalue weighted by Gasteiger charge is 2.13. The number of sulfone groups is 1. The summed E-state index contributed by atoms with van der Waals surface area (Å²) in [5.74, 6) is -0.0424. The van der Waals surface area contributed by atoms with E-state index in [1.165, 1.54) is 31.2 Å². The predicted molar refractivity (Wildman–Crippen MR) is 72.6 cm³/mol. The fraction of sp³-hybridized carbons (Fsp3) is 0.364. The summed E-state index contributed by atoms with van der Waals surface area (Å²) in [4.78, 5) is 12.2. The van der Waals surface area contributed by atoms with E-state index in [0.717, 1.165) is 0 Å². The van der Waals surface area contributed by atoms with Gasteiger partial charge in [0.15, 0.2) is 0 Å². The predicted octanol–water partition coefficient (Wildman–Crippen LogP) is 1.19. The second kappa shape index (κ2) is 6.10. The molecule has 0 fully saturated rings. The molecule has 0 atom stereocenters. The van der Waals surface area contributed by atoms with E-state index >= 15 is 0 Å². The van der Waals surface area contributed by atoms with E-state index in [9.17, 15) is 13.2 Å². The van der Waals surface area contributed by atoms with E-state index in [0.29, 0.717) is 21.9 Å². The highest BCUT2D eigenvalue weighted by molar-refractivity contribution is 8.00. The zero-order valence-electron chi connectivity index (χ0n) is 10.2. The van der Waals surface area contributed by atoms with Crippen molar-refractivity contribution in [2.45, 2.75) is 4.90 Å². The Bertz CT molecular complexity index is 540. The van der Waals surface area contributed by atoms with Gasteiger partial charge in [-0.2, -0.15) is 0 Å². The Hall–Kier alpha value is -1.21. The molecule has 0 saturated heterocycles. The number of hydrogen-bond acceptors (Lipinski definition) is 6. The van der Waals surface area contributed by atoms with Crippen molar-refractivity contribution in [1.29, 1.82) is 0 Å². The standard InChI is InChI=1S/C11H15NO4S2/c1-16-11(13)9-7-8(12)3-4-10(9)17-5-6-18(2,14)15/h3-4,7H,5-6,12H2,1-2H3. The fourth-order valence-electron chi connectivity index (χ4n) is 1.25. The van der Waals surface area contributed by atoms with Gasteiger partial charge in [0.1, 0.15) is 9.84 Å². The number of hydrogen-bond donors (Lipinski definition) is 1. The van der Waals surface area contributed by atoms with Crippen molar-refractivity contribution >= 4 is 33.3 Å². The number of ether oxygens (including phenoxy) is 1. The lowest BCUT2D eigenvalue weighted by atomic mass is 10.2. The quantitative estimate of drug-likeness (QED) is 0.498. The molecule has 2 N–H and O–H groups in total. The SMILES string of the molecule is COC(=O)c1cc(N)ccc1SCCS(C)(=O)=O. The second-order valence-corrected chi connectivity index (χ2v) is 7.12. The minimum absolute atomic E-state index is 0.0582. The molecule has 1 aromatic carbocycles. The molecule has 5 nitrogen and oxygen atoms in total. The van der Waals surface area contributed by atoms with Crippen LogP contribution < -0.4 is 5.73 Å². The van der Waals surface area contributed by atoms with Crippen molar-refractivity contribution in [3.8, 4) is 0 Å². The summed E-state index contributed by atoms with van der Waals surface area (Å²) >= 11 is 1.29. The third-order valence-electron chi connectivity index (χ3n) is 2.12. The maximum absolute atomic E-state index is 11.5. The van der Waals surface area contributed by atoms with Gasteiger partial charge in [-0.05, 0) is 18.2 Å². The molecule has 0 aliphatic rings. The van der Waals surface area contributed by atoms with E-state index in [1.807, 2.05) is 0 Å². The van der Waals surface area contributed by atoms with Gasteiger partial charge in [0, 0.05) is 22.6 Å². The minimum atomic E-state index is -3.00. The summed E-state index contributed by atoms with van der Waals surface area (Å²) in [5, 5.41) is 0. The first-order valence-electron chi connectivity index (χ1n) is 5.12. The van der Waals surface area contributed by atoms with Gasteiger partial charge in [-0.3, -0.25) is 0 Å². The van der Waals surface area contributed by atoms with Crippen LogP contribution in [0.5, 0.6) is 0 Å². The summed E-state index contributed by atoms with van der Waals surface area (Å²) < 4.78 is 26.7. The van der Waals surface area contributed by atoms with Crippen molar-refractivity contribution in [2.75, 3.05) is 30.6 Å². The third-order valence-corrected chi connectivity index (χ3v) is 4.40. The number of anilines is 1. The van der Waals surface area contributed by atoms with Crippen LogP contribution in [0, 0.1) is 0 Å². The lowest BCUT2D eigenvalue weighted by Crippen LogP contribution is -2.07. The number of benzene rings is 1.